The van der Waals surface area contributed by atoms with E-state index in [1.807, 2.05) is 6.07 Å². The van der Waals surface area contributed by atoms with Crippen LogP contribution in [-0.2, 0) is 7.05 Å². The number of imidazole rings is 1. The van der Waals surface area contributed by atoms with Crippen molar-refractivity contribution in [3.63, 3.8) is 0 Å². The maximum absolute atomic E-state index is 12.0. The van der Waals surface area contributed by atoms with E-state index in [1.165, 1.54) is 13.3 Å². The molecule has 0 radical (unpaired) electrons. The lowest BCUT2D eigenvalue weighted by atomic mass is 10.2. The normalized spacial score (nSPS) is 14.6. The van der Waals surface area contributed by atoms with Crippen LogP contribution in [0.3, 0.4) is 0 Å². The van der Waals surface area contributed by atoms with Gasteiger partial charge in [0.05, 0.1) is 22.4 Å². The Morgan fingerprint density at radius 3 is 2.44 bits per heavy atom. The van der Waals surface area contributed by atoms with E-state index in [2.05, 4.69) is 24.8 Å². The molecule has 0 bridgehead atoms. The van der Waals surface area contributed by atoms with Gasteiger partial charge in [0.1, 0.15) is 5.56 Å². The Morgan fingerprint density at radius 1 is 1.07 bits per heavy atom. The van der Waals surface area contributed by atoms with Crippen LogP contribution < -0.4 is 21.8 Å². The van der Waals surface area contributed by atoms with Crippen molar-refractivity contribution < 1.29 is 5.11 Å². The summed E-state index contributed by atoms with van der Waals surface area (Å²) in [6.07, 6.45) is 3.34. The van der Waals surface area contributed by atoms with Crippen molar-refractivity contribution in [2.45, 2.75) is 12.8 Å². The van der Waals surface area contributed by atoms with Gasteiger partial charge in [-0.15, -0.1) is 0 Å². The molecule has 1 aromatic carbocycles. The largest absolute Gasteiger partial charge is 0.494 e. The van der Waals surface area contributed by atoms with E-state index in [0.29, 0.717) is 16.7 Å². The summed E-state index contributed by atoms with van der Waals surface area (Å²) in [5.74, 6) is -0.466. The van der Waals surface area contributed by atoms with Crippen molar-refractivity contribution in [3.05, 3.63) is 49.0 Å². The maximum Gasteiger partial charge on any atom is 0.330 e. The quantitative estimate of drug-likeness (QED) is 0.491. The van der Waals surface area contributed by atoms with Crippen LogP contribution in [0.15, 0.2) is 31.5 Å². The highest BCUT2D eigenvalue weighted by molar-refractivity contribution is 5.91. The van der Waals surface area contributed by atoms with Gasteiger partial charge in [0, 0.05) is 26.4 Å². The minimum atomic E-state index is -0.724. The van der Waals surface area contributed by atoms with Crippen molar-refractivity contribution in [2.75, 3.05) is 18.0 Å². The standard InChI is InChI=1S/C17H18N6O4/c1-22-15(25)9(14(24)21-17(22)27)8-18-12-6-10-11(20-16(26)19-10)7-13(12)23-4-2-3-5-23/h6-8,25H,2-5H2,1H3,(H2,19,20,26)(H,21,24,27). The second-order valence-electron chi connectivity index (χ2n) is 6.47. The van der Waals surface area contributed by atoms with Crippen LogP contribution in [0.1, 0.15) is 18.4 Å². The third-order valence-electron chi connectivity index (χ3n) is 4.72. The molecule has 4 N–H and O–H groups in total. The third-order valence-corrected chi connectivity index (χ3v) is 4.72. The molecule has 3 aromatic rings. The van der Waals surface area contributed by atoms with Crippen LogP contribution in [0.25, 0.3) is 11.0 Å². The van der Waals surface area contributed by atoms with Crippen LogP contribution in [0.2, 0.25) is 0 Å². The van der Waals surface area contributed by atoms with Crippen molar-refractivity contribution in [1.82, 2.24) is 19.5 Å². The lowest BCUT2D eigenvalue weighted by molar-refractivity contribution is 0.417. The molecule has 1 fully saturated rings. The first kappa shape index (κ1) is 16.9. The molecule has 27 heavy (non-hydrogen) atoms. The number of aromatic nitrogens is 4. The highest BCUT2D eigenvalue weighted by Crippen LogP contribution is 2.34. The summed E-state index contributed by atoms with van der Waals surface area (Å²) < 4.78 is 0.928. The molecule has 0 amide bonds. The molecule has 2 aromatic heterocycles. The predicted octanol–water partition coefficient (Wildman–Crippen LogP) is 0.300. The zero-order chi connectivity index (χ0) is 19.1. The zero-order valence-corrected chi connectivity index (χ0v) is 14.6. The van der Waals surface area contributed by atoms with Gasteiger partial charge in [0.25, 0.3) is 5.56 Å². The SMILES string of the molecule is Cn1c(O)c(C=Nc2cc3[nH]c(=O)[nH]c3cc2N2CCCC2)c(=O)[nH]c1=O. The Morgan fingerprint density at radius 2 is 1.74 bits per heavy atom. The number of H-pyrrole nitrogens is 3. The Labute approximate surface area is 151 Å². The summed E-state index contributed by atoms with van der Waals surface area (Å²) in [5.41, 5.74) is 0.770. The lowest BCUT2D eigenvalue weighted by Crippen LogP contribution is -2.30. The molecule has 0 spiro atoms. The highest BCUT2D eigenvalue weighted by atomic mass is 16.3. The first-order chi connectivity index (χ1) is 12.9. The van der Waals surface area contributed by atoms with E-state index in [9.17, 15) is 19.5 Å². The minimum absolute atomic E-state index is 0.118. The Hall–Kier alpha value is -3.56. The molecule has 1 aliphatic rings. The van der Waals surface area contributed by atoms with Gasteiger partial charge in [0.15, 0.2) is 0 Å². The van der Waals surface area contributed by atoms with E-state index in [0.717, 1.165) is 36.2 Å². The second kappa shape index (κ2) is 6.31. The smallest absolute Gasteiger partial charge is 0.330 e. The minimum Gasteiger partial charge on any atom is -0.494 e. The van der Waals surface area contributed by atoms with Crippen LogP contribution in [0.4, 0.5) is 11.4 Å². The van der Waals surface area contributed by atoms with Crippen molar-refractivity contribution >= 4 is 28.6 Å². The van der Waals surface area contributed by atoms with E-state index in [1.54, 1.807) is 6.07 Å². The molecule has 0 aliphatic carbocycles. The summed E-state index contributed by atoms with van der Waals surface area (Å²) in [4.78, 5) is 49.2. The van der Waals surface area contributed by atoms with Crippen LogP contribution in [0, 0.1) is 0 Å². The van der Waals surface area contributed by atoms with Gasteiger partial charge < -0.3 is 20.0 Å². The molecule has 1 saturated heterocycles. The molecule has 140 valence electrons. The number of nitrogens with one attached hydrogen (secondary N) is 3. The van der Waals surface area contributed by atoms with Gasteiger partial charge in [-0.3, -0.25) is 19.3 Å². The van der Waals surface area contributed by atoms with E-state index in [-0.39, 0.29) is 11.3 Å². The van der Waals surface area contributed by atoms with Crippen molar-refractivity contribution in [3.8, 4) is 5.88 Å². The molecular formula is C17H18N6O4. The zero-order valence-electron chi connectivity index (χ0n) is 14.6. The number of fused-ring (bicyclic) bond motifs is 1. The fourth-order valence-electron chi connectivity index (χ4n) is 3.25. The molecule has 1 aliphatic heterocycles. The molecule has 10 nitrogen and oxygen atoms in total. The number of aromatic amines is 3. The fraction of sp³-hybridized carbons (Fsp3) is 0.294. The Kier molecular flexibility index (Phi) is 3.94. The monoisotopic (exact) mass is 370 g/mol. The number of hydrogen-bond acceptors (Lipinski definition) is 6. The first-order valence-corrected chi connectivity index (χ1v) is 8.51. The molecule has 4 rings (SSSR count). The maximum atomic E-state index is 12.0. The molecule has 0 unspecified atom stereocenters. The Bertz CT molecular complexity index is 1220. The third kappa shape index (κ3) is 2.94. The first-order valence-electron chi connectivity index (χ1n) is 8.51. The van der Waals surface area contributed by atoms with Gasteiger partial charge in [-0.1, -0.05) is 0 Å². The summed E-state index contributed by atoms with van der Waals surface area (Å²) in [6, 6.07) is 3.56. The summed E-state index contributed by atoms with van der Waals surface area (Å²) >= 11 is 0. The summed E-state index contributed by atoms with van der Waals surface area (Å²) in [6.45, 7) is 1.74. The second-order valence-corrected chi connectivity index (χ2v) is 6.47. The number of nitrogens with zero attached hydrogens (tertiary/aromatic N) is 3. The number of anilines is 1. The molecule has 0 saturated carbocycles. The van der Waals surface area contributed by atoms with Crippen molar-refractivity contribution in [2.24, 2.45) is 12.0 Å². The fourth-order valence-corrected chi connectivity index (χ4v) is 3.25. The van der Waals surface area contributed by atoms with Crippen molar-refractivity contribution in [1.29, 1.82) is 0 Å². The van der Waals surface area contributed by atoms with Gasteiger partial charge in [-0.2, -0.15) is 0 Å². The predicted molar refractivity (Wildman–Crippen MR) is 102 cm³/mol. The molecule has 10 heteroatoms. The van der Waals surface area contributed by atoms with Crippen LogP contribution >= 0.6 is 0 Å². The number of hydrogen-bond donors (Lipinski definition) is 4. The number of benzene rings is 1. The van der Waals surface area contributed by atoms with E-state index >= 15 is 0 Å². The Balaban J connectivity index is 1.86. The van der Waals surface area contributed by atoms with Gasteiger partial charge in [-0.05, 0) is 25.0 Å². The average Bonchev–Trinajstić information content (AvgIpc) is 3.27. The van der Waals surface area contributed by atoms with Gasteiger partial charge >= 0.3 is 11.4 Å². The highest BCUT2D eigenvalue weighted by Gasteiger charge is 2.18. The van der Waals surface area contributed by atoms with Gasteiger partial charge in [-0.25, -0.2) is 9.59 Å². The summed E-state index contributed by atoms with van der Waals surface area (Å²) in [5, 5.41) is 10.1. The van der Waals surface area contributed by atoms with Gasteiger partial charge in [0.2, 0.25) is 5.88 Å². The van der Waals surface area contributed by atoms with Crippen LogP contribution in [0.5, 0.6) is 5.88 Å². The number of aromatic hydroxyl groups is 1. The average molecular weight is 370 g/mol. The summed E-state index contributed by atoms with van der Waals surface area (Å²) in [7, 11) is 1.34. The number of aliphatic imine (C=N–C) groups is 1. The molecular weight excluding hydrogens is 352 g/mol. The molecule has 0 atom stereocenters. The number of rotatable bonds is 3. The topological polar surface area (TPSA) is 139 Å². The molecule has 3 heterocycles. The van der Waals surface area contributed by atoms with E-state index < -0.39 is 17.1 Å². The lowest BCUT2D eigenvalue weighted by Gasteiger charge is -2.19. The van der Waals surface area contributed by atoms with E-state index in [4.69, 9.17) is 0 Å². The van der Waals surface area contributed by atoms with Crippen LogP contribution in [-0.4, -0.2) is 43.9 Å².